The highest BCUT2D eigenvalue weighted by atomic mass is 16.2. The Bertz CT molecular complexity index is 278. The van der Waals surface area contributed by atoms with E-state index in [1.165, 1.54) is 0 Å². The lowest BCUT2D eigenvalue weighted by molar-refractivity contribution is -0.130. The van der Waals surface area contributed by atoms with Crippen molar-refractivity contribution in [2.45, 2.75) is 52.9 Å². The molecule has 0 aromatic rings. The smallest absolute Gasteiger partial charge is 0.224 e. The maximum absolute atomic E-state index is 11.7. The van der Waals surface area contributed by atoms with Crippen LogP contribution in [0, 0.1) is 5.92 Å². The fourth-order valence-corrected chi connectivity index (χ4v) is 2.26. The molecule has 0 saturated heterocycles. The molecule has 0 radical (unpaired) electrons. The third-order valence-corrected chi connectivity index (χ3v) is 3.71. The van der Waals surface area contributed by atoms with Crippen LogP contribution in [0.2, 0.25) is 0 Å². The van der Waals surface area contributed by atoms with Gasteiger partial charge in [-0.15, -0.1) is 0 Å². The van der Waals surface area contributed by atoms with Crippen LogP contribution in [0.25, 0.3) is 0 Å². The monoisotopic (exact) mass is 285 g/mol. The molecule has 5 heteroatoms. The number of amides is 2. The van der Waals surface area contributed by atoms with E-state index < -0.39 is 0 Å². The zero-order valence-corrected chi connectivity index (χ0v) is 13.3. The van der Waals surface area contributed by atoms with E-state index in [4.69, 9.17) is 5.73 Å². The molecule has 0 heterocycles. The van der Waals surface area contributed by atoms with Crippen LogP contribution >= 0.6 is 0 Å². The SMILES string of the molecule is CCC(CCN)CCC(=O)NCCC(=O)N(CC)CC. The summed E-state index contributed by atoms with van der Waals surface area (Å²) >= 11 is 0. The van der Waals surface area contributed by atoms with Crippen molar-refractivity contribution < 1.29 is 9.59 Å². The first-order valence-corrected chi connectivity index (χ1v) is 7.83. The maximum Gasteiger partial charge on any atom is 0.224 e. The molecule has 0 rings (SSSR count). The Morgan fingerprint density at radius 1 is 1.10 bits per heavy atom. The van der Waals surface area contributed by atoms with Gasteiger partial charge in [-0.3, -0.25) is 9.59 Å². The van der Waals surface area contributed by atoms with E-state index in [1.54, 1.807) is 4.90 Å². The molecule has 0 aliphatic rings. The lowest BCUT2D eigenvalue weighted by Crippen LogP contribution is -2.34. The maximum atomic E-state index is 11.7. The van der Waals surface area contributed by atoms with Crippen LogP contribution < -0.4 is 11.1 Å². The zero-order chi connectivity index (χ0) is 15.4. The van der Waals surface area contributed by atoms with Crippen LogP contribution in [0.3, 0.4) is 0 Å². The van der Waals surface area contributed by atoms with E-state index >= 15 is 0 Å². The molecule has 3 N–H and O–H groups in total. The van der Waals surface area contributed by atoms with Gasteiger partial charge in [0.2, 0.25) is 11.8 Å². The quantitative estimate of drug-likeness (QED) is 0.604. The number of rotatable bonds is 11. The predicted molar refractivity (Wildman–Crippen MR) is 82.2 cm³/mol. The van der Waals surface area contributed by atoms with Crippen LogP contribution in [-0.2, 0) is 9.59 Å². The highest BCUT2D eigenvalue weighted by molar-refractivity contribution is 5.79. The van der Waals surface area contributed by atoms with E-state index in [1.807, 2.05) is 13.8 Å². The Morgan fingerprint density at radius 3 is 2.25 bits per heavy atom. The van der Waals surface area contributed by atoms with Crippen molar-refractivity contribution in [1.82, 2.24) is 10.2 Å². The van der Waals surface area contributed by atoms with Crippen LogP contribution in [-0.4, -0.2) is 42.9 Å². The molecular formula is C15H31N3O2. The second-order valence-electron chi connectivity index (χ2n) is 5.06. The molecule has 0 aromatic heterocycles. The average Bonchev–Trinajstić information content (AvgIpc) is 2.44. The van der Waals surface area contributed by atoms with Gasteiger partial charge in [-0.1, -0.05) is 13.3 Å². The number of carbonyl (C=O) groups excluding carboxylic acids is 2. The Kier molecular flexibility index (Phi) is 11.1. The first-order chi connectivity index (χ1) is 9.58. The van der Waals surface area contributed by atoms with E-state index in [0.29, 0.717) is 31.8 Å². The molecular weight excluding hydrogens is 254 g/mol. The van der Waals surface area contributed by atoms with Gasteiger partial charge in [0.25, 0.3) is 0 Å². The molecule has 0 aliphatic carbocycles. The standard InChI is InChI=1S/C15H31N3O2/c1-4-13(9-11-16)7-8-14(19)17-12-10-15(20)18(5-2)6-3/h13H,4-12,16H2,1-3H3,(H,17,19). The highest BCUT2D eigenvalue weighted by Crippen LogP contribution is 2.14. The van der Waals surface area contributed by atoms with Crippen LogP contribution in [0.1, 0.15) is 52.9 Å². The molecule has 2 amide bonds. The van der Waals surface area contributed by atoms with Gasteiger partial charge < -0.3 is 16.0 Å². The van der Waals surface area contributed by atoms with E-state index in [-0.39, 0.29) is 11.8 Å². The number of nitrogens with one attached hydrogen (secondary N) is 1. The minimum absolute atomic E-state index is 0.0350. The number of nitrogens with zero attached hydrogens (tertiary/aromatic N) is 1. The molecule has 5 nitrogen and oxygen atoms in total. The third kappa shape index (κ3) is 8.15. The van der Waals surface area contributed by atoms with Crippen LogP contribution in [0.4, 0.5) is 0 Å². The summed E-state index contributed by atoms with van der Waals surface area (Å²) in [5.41, 5.74) is 5.54. The molecule has 0 aliphatic heterocycles. The molecule has 20 heavy (non-hydrogen) atoms. The van der Waals surface area contributed by atoms with Gasteiger partial charge >= 0.3 is 0 Å². The van der Waals surface area contributed by atoms with E-state index in [0.717, 1.165) is 32.4 Å². The van der Waals surface area contributed by atoms with Crippen molar-refractivity contribution in [2.24, 2.45) is 11.7 Å². The summed E-state index contributed by atoms with van der Waals surface area (Å²) in [5.74, 6) is 0.667. The second kappa shape index (κ2) is 11.7. The summed E-state index contributed by atoms with van der Waals surface area (Å²) in [7, 11) is 0. The van der Waals surface area contributed by atoms with Crippen LogP contribution in [0.5, 0.6) is 0 Å². The first-order valence-electron chi connectivity index (χ1n) is 7.83. The van der Waals surface area contributed by atoms with Gasteiger partial charge in [-0.05, 0) is 39.2 Å². The molecule has 0 saturated carbocycles. The topological polar surface area (TPSA) is 75.4 Å². The fourth-order valence-electron chi connectivity index (χ4n) is 2.26. The molecule has 118 valence electrons. The number of carbonyl (C=O) groups is 2. The summed E-state index contributed by atoms with van der Waals surface area (Å²) in [6.45, 7) is 8.60. The third-order valence-electron chi connectivity index (χ3n) is 3.71. The average molecular weight is 285 g/mol. The fraction of sp³-hybridized carbons (Fsp3) is 0.867. The minimum Gasteiger partial charge on any atom is -0.356 e. The molecule has 0 bridgehead atoms. The van der Waals surface area contributed by atoms with Gasteiger partial charge in [0, 0.05) is 32.5 Å². The number of hydrogen-bond acceptors (Lipinski definition) is 3. The summed E-state index contributed by atoms with van der Waals surface area (Å²) in [5, 5.41) is 2.82. The normalized spacial score (nSPS) is 12.0. The molecule has 0 aromatic carbocycles. The van der Waals surface area contributed by atoms with Crippen molar-refractivity contribution >= 4 is 11.8 Å². The van der Waals surface area contributed by atoms with Crippen molar-refractivity contribution in [3.05, 3.63) is 0 Å². The number of hydrogen-bond donors (Lipinski definition) is 2. The molecule has 0 fully saturated rings. The molecule has 0 spiro atoms. The zero-order valence-electron chi connectivity index (χ0n) is 13.3. The summed E-state index contributed by atoms with van der Waals surface area (Å²) < 4.78 is 0. The second-order valence-corrected chi connectivity index (χ2v) is 5.06. The van der Waals surface area contributed by atoms with E-state index in [9.17, 15) is 9.59 Å². The van der Waals surface area contributed by atoms with Gasteiger partial charge in [-0.25, -0.2) is 0 Å². The summed E-state index contributed by atoms with van der Waals surface area (Å²) in [6, 6.07) is 0. The molecule has 1 atom stereocenters. The minimum atomic E-state index is 0.0350. The highest BCUT2D eigenvalue weighted by Gasteiger charge is 2.11. The Balaban J connectivity index is 3.80. The van der Waals surface area contributed by atoms with Crippen molar-refractivity contribution in [1.29, 1.82) is 0 Å². The lowest BCUT2D eigenvalue weighted by Gasteiger charge is -2.18. The summed E-state index contributed by atoms with van der Waals surface area (Å²) in [6.07, 6.45) is 3.82. The first kappa shape index (κ1) is 18.9. The Morgan fingerprint density at radius 2 is 1.75 bits per heavy atom. The Hall–Kier alpha value is -1.10. The predicted octanol–water partition coefficient (Wildman–Crippen LogP) is 1.52. The molecule has 1 unspecified atom stereocenters. The van der Waals surface area contributed by atoms with Crippen molar-refractivity contribution in [3.8, 4) is 0 Å². The Labute approximate surface area is 123 Å². The van der Waals surface area contributed by atoms with Gasteiger partial charge in [-0.2, -0.15) is 0 Å². The lowest BCUT2D eigenvalue weighted by atomic mass is 9.96. The van der Waals surface area contributed by atoms with Crippen molar-refractivity contribution in [3.63, 3.8) is 0 Å². The van der Waals surface area contributed by atoms with Crippen molar-refractivity contribution in [2.75, 3.05) is 26.2 Å². The van der Waals surface area contributed by atoms with Gasteiger partial charge in [0.05, 0.1) is 0 Å². The van der Waals surface area contributed by atoms with Gasteiger partial charge in [0.15, 0.2) is 0 Å². The van der Waals surface area contributed by atoms with E-state index in [2.05, 4.69) is 12.2 Å². The largest absolute Gasteiger partial charge is 0.356 e. The summed E-state index contributed by atoms with van der Waals surface area (Å²) in [4.78, 5) is 25.2. The number of nitrogens with two attached hydrogens (primary N) is 1. The van der Waals surface area contributed by atoms with Gasteiger partial charge in [0.1, 0.15) is 0 Å². The van der Waals surface area contributed by atoms with Crippen LogP contribution in [0.15, 0.2) is 0 Å².